The van der Waals surface area contributed by atoms with E-state index in [-0.39, 0.29) is 0 Å². The molecule has 1 aromatic rings. The maximum absolute atomic E-state index is 10.4. The van der Waals surface area contributed by atoms with E-state index in [9.17, 15) is 4.79 Å². The van der Waals surface area contributed by atoms with Gasteiger partial charge in [-0.3, -0.25) is 4.79 Å². The summed E-state index contributed by atoms with van der Waals surface area (Å²) in [5.74, 6) is 4.91. The Labute approximate surface area is 93.7 Å². The summed E-state index contributed by atoms with van der Waals surface area (Å²) in [7, 11) is 0. The molecular formula is C11H12N4O. The second-order valence-corrected chi connectivity index (χ2v) is 3.58. The zero-order valence-electron chi connectivity index (χ0n) is 8.81. The molecule has 0 atom stereocenters. The Bertz CT molecular complexity index is 437. The van der Waals surface area contributed by atoms with Crippen molar-refractivity contribution in [2.75, 3.05) is 18.0 Å². The van der Waals surface area contributed by atoms with E-state index < -0.39 is 5.91 Å². The standard InChI is InChI=1S/C11H12N4O/c12-10(16)4-3-9-7-13-11(14-8-9)15-5-1-2-6-15/h7-8H,1-2,5-6H2,(H2,12,16). The van der Waals surface area contributed by atoms with E-state index in [1.54, 1.807) is 12.4 Å². The Hall–Kier alpha value is -2.09. The smallest absolute Gasteiger partial charge is 0.293 e. The second-order valence-electron chi connectivity index (χ2n) is 3.58. The zero-order valence-corrected chi connectivity index (χ0v) is 8.81. The van der Waals surface area contributed by atoms with Gasteiger partial charge in [-0.05, 0) is 12.8 Å². The first-order valence-electron chi connectivity index (χ1n) is 5.14. The van der Waals surface area contributed by atoms with Crippen LogP contribution in [0.2, 0.25) is 0 Å². The number of carbonyl (C=O) groups is 1. The first-order valence-corrected chi connectivity index (χ1v) is 5.14. The van der Waals surface area contributed by atoms with Crippen LogP contribution in [-0.2, 0) is 4.79 Å². The van der Waals surface area contributed by atoms with E-state index in [1.807, 2.05) is 0 Å². The summed E-state index contributed by atoms with van der Waals surface area (Å²) in [6, 6.07) is 0. The average molecular weight is 216 g/mol. The predicted molar refractivity (Wildman–Crippen MR) is 59.6 cm³/mol. The SMILES string of the molecule is NC(=O)C#Cc1cnc(N2CCCC2)nc1. The molecule has 16 heavy (non-hydrogen) atoms. The molecule has 2 N–H and O–H groups in total. The van der Waals surface area contributed by atoms with Crippen molar-refractivity contribution < 1.29 is 4.79 Å². The fourth-order valence-electron chi connectivity index (χ4n) is 1.60. The van der Waals surface area contributed by atoms with Crippen LogP contribution in [0.5, 0.6) is 0 Å². The molecule has 1 aliphatic heterocycles. The lowest BCUT2D eigenvalue weighted by atomic mass is 10.3. The maximum atomic E-state index is 10.4. The Kier molecular flexibility index (Phi) is 3.01. The van der Waals surface area contributed by atoms with Gasteiger partial charge in [0.05, 0.1) is 5.56 Å². The third-order valence-corrected chi connectivity index (χ3v) is 2.36. The summed E-state index contributed by atoms with van der Waals surface area (Å²) < 4.78 is 0. The number of aromatic nitrogens is 2. The van der Waals surface area contributed by atoms with Gasteiger partial charge in [0.15, 0.2) is 0 Å². The summed E-state index contributed by atoms with van der Waals surface area (Å²) in [5.41, 5.74) is 5.51. The number of primary amides is 1. The Balaban J connectivity index is 2.10. The van der Waals surface area contributed by atoms with E-state index in [2.05, 4.69) is 26.7 Å². The van der Waals surface area contributed by atoms with Crippen molar-refractivity contribution >= 4 is 11.9 Å². The number of carbonyl (C=O) groups excluding carboxylic acids is 1. The molecule has 1 amide bonds. The van der Waals surface area contributed by atoms with Crippen LogP contribution in [0, 0.1) is 11.8 Å². The molecule has 2 rings (SSSR count). The van der Waals surface area contributed by atoms with E-state index in [0.29, 0.717) is 5.56 Å². The molecule has 0 aromatic carbocycles. The molecule has 1 aromatic heterocycles. The molecule has 2 heterocycles. The van der Waals surface area contributed by atoms with Crippen LogP contribution >= 0.6 is 0 Å². The van der Waals surface area contributed by atoms with Crippen LogP contribution in [0.15, 0.2) is 12.4 Å². The van der Waals surface area contributed by atoms with Crippen LogP contribution < -0.4 is 10.6 Å². The van der Waals surface area contributed by atoms with Crippen molar-refractivity contribution in [1.82, 2.24) is 9.97 Å². The van der Waals surface area contributed by atoms with Crippen molar-refractivity contribution in [2.24, 2.45) is 5.73 Å². The van der Waals surface area contributed by atoms with E-state index >= 15 is 0 Å². The van der Waals surface area contributed by atoms with Crippen LogP contribution in [0.4, 0.5) is 5.95 Å². The van der Waals surface area contributed by atoms with Gasteiger partial charge in [-0.2, -0.15) is 0 Å². The number of anilines is 1. The molecule has 0 spiro atoms. The Morgan fingerprint density at radius 1 is 1.31 bits per heavy atom. The number of hydrogen-bond acceptors (Lipinski definition) is 4. The molecule has 0 saturated carbocycles. The molecule has 0 radical (unpaired) electrons. The van der Waals surface area contributed by atoms with Gasteiger partial charge >= 0.3 is 0 Å². The third-order valence-electron chi connectivity index (χ3n) is 2.36. The van der Waals surface area contributed by atoms with Crippen LogP contribution in [0.25, 0.3) is 0 Å². The van der Waals surface area contributed by atoms with Gasteiger partial charge in [0.1, 0.15) is 0 Å². The fourth-order valence-corrected chi connectivity index (χ4v) is 1.60. The number of hydrogen-bond donors (Lipinski definition) is 1. The second kappa shape index (κ2) is 4.62. The highest BCUT2D eigenvalue weighted by molar-refractivity contribution is 5.92. The molecule has 1 fully saturated rings. The summed E-state index contributed by atoms with van der Waals surface area (Å²) in [5, 5.41) is 0. The predicted octanol–water partition coefficient (Wildman–Crippen LogP) is -0.0864. The summed E-state index contributed by atoms with van der Waals surface area (Å²) >= 11 is 0. The van der Waals surface area contributed by atoms with E-state index in [1.165, 1.54) is 12.8 Å². The highest BCUT2D eigenvalue weighted by Crippen LogP contribution is 2.14. The molecule has 82 valence electrons. The van der Waals surface area contributed by atoms with Crippen molar-refractivity contribution in [3.8, 4) is 11.8 Å². The van der Waals surface area contributed by atoms with E-state index in [0.717, 1.165) is 19.0 Å². The summed E-state index contributed by atoms with van der Waals surface area (Å²) in [4.78, 5) is 21.0. The monoisotopic (exact) mass is 216 g/mol. The van der Waals surface area contributed by atoms with Gasteiger partial charge in [-0.15, -0.1) is 0 Å². The minimum absolute atomic E-state index is 0.599. The lowest BCUT2D eigenvalue weighted by Crippen LogP contribution is -2.20. The third kappa shape index (κ3) is 2.48. The van der Waals surface area contributed by atoms with Gasteiger partial charge in [-0.25, -0.2) is 9.97 Å². The van der Waals surface area contributed by atoms with Gasteiger partial charge < -0.3 is 10.6 Å². The zero-order chi connectivity index (χ0) is 11.4. The maximum Gasteiger partial charge on any atom is 0.293 e. The lowest BCUT2D eigenvalue weighted by molar-refractivity contribution is -0.112. The topological polar surface area (TPSA) is 72.1 Å². The van der Waals surface area contributed by atoms with Crippen LogP contribution in [0.1, 0.15) is 18.4 Å². The largest absolute Gasteiger partial charge is 0.359 e. The van der Waals surface area contributed by atoms with Gasteiger partial charge in [0, 0.05) is 31.4 Å². The first kappa shape index (κ1) is 10.4. The number of nitrogens with zero attached hydrogens (tertiary/aromatic N) is 3. The Morgan fingerprint density at radius 3 is 2.50 bits per heavy atom. The number of nitrogens with two attached hydrogens (primary N) is 1. The van der Waals surface area contributed by atoms with E-state index in [4.69, 9.17) is 5.73 Å². The van der Waals surface area contributed by atoms with Gasteiger partial charge in [0.2, 0.25) is 5.95 Å². The van der Waals surface area contributed by atoms with Crippen LogP contribution in [-0.4, -0.2) is 29.0 Å². The highest BCUT2D eigenvalue weighted by Gasteiger charge is 2.13. The number of amides is 1. The number of rotatable bonds is 1. The van der Waals surface area contributed by atoms with Gasteiger partial charge in [-0.1, -0.05) is 5.92 Å². The Morgan fingerprint density at radius 2 is 1.94 bits per heavy atom. The average Bonchev–Trinajstić information content (AvgIpc) is 2.80. The fraction of sp³-hybridized carbons (Fsp3) is 0.364. The summed E-state index contributed by atoms with van der Waals surface area (Å²) in [6.07, 6.45) is 5.59. The minimum Gasteiger partial charge on any atom is -0.359 e. The van der Waals surface area contributed by atoms with Crippen molar-refractivity contribution in [1.29, 1.82) is 0 Å². The normalized spacial score (nSPS) is 14.4. The first-order chi connectivity index (χ1) is 7.75. The highest BCUT2D eigenvalue weighted by atomic mass is 16.1. The molecule has 0 bridgehead atoms. The quantitative estimate of drug-likeness (QED) is 0.666. The van der Waals surface area contributed by atoms with Crippen molar-refractivity contribution in [3.63, 3.8) is 0 Å². The van der Waals surface area contributed by atoms with Crippen molar-refractivity contribution in [2.45, 2.75) is 12.8 Å². The molecule has 1 aliphatic rings. The van der Waals surface area contributed by atoms with Crippen LogP contribution in [0.3, 0.4) is 0 Å². The molecule has 5 nitrogen and oxygen atoms in total. The lowest BCUT2D eigenvalue weighted by Gasteiger charge is -2.13. The molecular weight excluding hydrogens is 204 g/mol. The molecule has 0 aliphatic carbocycles. The minimum atomic E-state index is -0.649. The molecule has 5 heteroatoms. The molecule has 1 saturated heterocycles. The summed E-state index contributed by atoms with van der Waals surface area (Å²) in [6.45, 7) is 2.01. The van der Waals surface area contributed by atoms with Gasteiger partial charge in [0.25, 0.3) is 5.91 Å². The van der Waals surface area contributed by atoms with Crippen molar-refractivity contribution in [3.05, 3.63) is 18.0 Å². The molecule has 0 unspecified atom stereocenters.